The van der Waals surface area contributed by atoms with Gasteiger partial charge in [-0.25, -0.2) is 17.6 Å². The molecule has 0 saturated heterocycles. The van der Waals surface area contributed by atoms with Gasteiger partial charge in [-0.3, -0.25) is 25.0 Å². The molecule has 198 valence electrons. The summed E-state index contributed by atoms with van der Waals surface area (Å²) in [6.07, 6.45) is -0.472. The Balaban J connectivity index is 1.55. The zero-order chi connectivity index (χ0) is 27.6. The van der Waals surface area contributed by atoms with Crippen LogP contribution in [-0.4, -0.2) is 29.8 Å². The van der Waals surface area contributed by atoms with Gasteiger partial charge in [0.1, 0.15) is 29.3 Å². The summed E-state index contributed by atoms with van der Waals surface area (Å²) in [6.45, 7) is 1.37. The number of rotatable bonds is 6. The van der Waals surface area contributed by atoms with E-state index in [9.17, 15) is 31.9 Å². The zero-order valence-electron chi connectivity index (χ0n) is 19.7. The van der Waals surface area contributed by atoms with Crippen LogP contribution in [0.4, 0.5) is 23.2 Å². The largest absolute Gasteiger partial charge is 0.324 e. The molecule has 0 unspecified atom stereocenters. The SMILES string of the molecule is C[C@H](N[C@@H]1C(=O)Nc2cc(Cl)ccc2S[C@@H]1c1cc(F)ccc1F)C(=O)NC(=O)Cc1cc(F)cc(F)c1. The van der Waals surface area contributed by atoms with Gasteiger partial charge >= 0.3 is 0 Å². The average Bonchev–Trinajstić information content (AvgIpc) is 2.95. The fourth-order valence-electron chi connectivity index (χ4n) is 3.93. The maximum absolute atomic E-state index is 14.8. The molecule has 38 heavy (non-hydrogen) atoms. The van der Waals surface area contributed by atoms with Crippen LogP contribution in [-0.2, 0) is 20.8 Å². The van der Waals surface area contributed by atoms with E-state index in [1.54, 1.807) is 12.1 Å². The number of carbonyl (C=O) groups excluding carboxylic acids is 3. The fraction of sp³-hybridized carbons (Fsp3) is 0.192. The first-order chi connectivity index (χ1) is 18.0. The van der Waals surface area contributed by atoms with Crippen molar-refractivity contribution in [2.75, 3.05) is 5.32 Å². The molecule has 1 aliphatic heterocycles. The molecular weight excluding hydrogens is 546 g/mol. The number of benzene rings is 3. The molecule has 12 heteroatoms. The zero-order valence-corrected chi connectivity index (χ0v) is 21.2. The number of thioether (sulfide) groups is 1. The van der Waals surface area contributed by atoms with Crippen LogP contribution in [0.1, 0.15) is 23.3 Å². The van der Waals surface area contributed by atoms with Crippen LogP contribution in [0.2, 0.25) is 5.02 Å². The number of amides is 3. The van der Waals surface area contributed by atoms with Gasteiger partial charge in [-0.05, 0) is 61.0 Å². The topological polar surface area (TPSA) is 87.3 Å². The predicted octanol–water partition coefficient (Wildman–Crippen LogP) is 4.91. The molecular formula is C26H20ClF4N3O3S. The molecule has 0 fully saturated rings. The number of hydrogen-bond acceptors (Lipinski definition) is 5. The molecule has 0 saturated carbocycles. The summed E-state index contributed by atoms with van der Waals surface area (Å²) in [5, 5.41) is 6.92. The third-order valence-electron chi connectivity index (χ3n) is 5.68. The van der Waals surface area contributed by atoms with Gasteiger partial charge in [-0.2, -0.15) is 0 Å². The van der Waals surface area contributed by atoms with E-state index in [0.717, 1.165) is 42.1 Å². The first kappa shape index (κ1) is 27.6. The van der Waals surface area contributed by atoms with Gasteiger partial charge in [0.15, 0.2) is 0 Å². The predicted molar refractivity (Wildman–Crippen MR) is 135 cm³/mol. The highest BCUT2D eigenvalue weighted by molar-refractivity contribution is 7.99. The van der Waals surface area contributed by atoms with Crippen LogP contribution in [0.5, 0.6) is 0 Å². The highest BCUT2D eigenvalue weighted by atomic mass is 35.5. The Morgan fingerprint density at radius 1 is 1.00 bits per heavy atom. The normalized spacial score (nSPS) is 17.7. The lowest BCUT2D eigenvalue weighted by Gasteiger charge is -2.27. The molecule has 0 bridgehead atoms. The fourth-order valence-corrected chi connectivity index (χ4v) is 5.40. The van der Waals surface area contributed by atoms with Gasteiger partial charge < -0.3 is 5.32 Å². The van der Waals surface area contributed by atoms with E-state index in [2.05, 4.69) is 16.0 Å². The summed E-state index contributed by atoms with van der Waals surface area (Å²) in [5.41, 5.74) is 0.265. The Morgan fingerprint density at radius 2 is 1.71 bits per heavy atom. The van der Waals surface area contributed by atoms with Crippen molar-refractivity contribution >= 4 is 46.8 Å². The summed E-state index contributed by atoms with van der Waals surface area (Å²) in [6, 6.07) is 7.74. The van der Waals surface area contributed by atoms with Crippen molar-refractivity contribution in [3.8, 4) is 0 Å². The Bertz CT molecular complexity index is 1400. The maximum atomic E-state index is 14.8. The van der Waals surface area contributed by atoms with Crippen molar-refractivity contribution in [2.45, 2.75) is 35.6 Å². The summed E-state index contributed by atoms with van der Waals surface area (Å²) in [5.74, 6) is -5.53. The first-order valence-electron chi connectivity index (χ1n) is 11.3. The molecule has 3 atom stereocenters. The van der Waals surface area contributed by atoms with Crippen LogP contribution in [0.15, 0.2) is 59.5 Å². The van der Waals surface area contributed by atoms with Crippen molar-refractivity contribution in [1.29, 1.82) is 0 Å². The number of halogens is 5. The summed E-state index contributed by atoms with van der Waals surface area (Å²) < 4.78 is 55.7. The smallest absolute Gasteiger partial charge is 0.243 e. The second-order valence-electron chi connectivity index (χ2n) is 8.57. The van der Waals surface area contributed by atoms with E-state index in [4.69, 9.17) is 11.6 Å². The molecule has 3 amide bonds. The van der Waals surface area contributed by atoms with Crippen LogP contribution >= 0.6 is 23.4 Å². The van der Waals surface area contributed by atoms with Crippen LogP contribution in [0, 0.1) is 23.3 Å². The lowest BCUT2D eigenvalue weighted by atomic mass is 10.0. The van der Waals surface area contributed by atoms with Crippen LogP contribution in [0.25, 0.3) is 0 Å². The molecule has 0 aromatic heterocycles. The van der Waals surface area contributed by atoms with E-state index in [1.807, 2.05) is 0 Å². The van der Waals surface area contributed by atoms with Gasteiger partial charge in [0.2, 0.25) is 17.7 Å². The average molecular weight is 566 g/mol. The number of hydrogen-bond donors (Lipinski definition) is 3. The highest BCUT2D eigenvalue weighted by Gasteiger charge is 2.38. The molecule has 0 aliphatic carbocycles. The summed E-state index contributed by atoms with van der Waals surface area (Å²) in [7, 11) is 0. The van der Waals surface area contributed by atoms with Gasteiger partial charge in [-0.15, -0.1) is 11.8 Å². The molecule has 0 radical (unpaired) electrons. The number of fused-ring (bicyclic) bond motifs is 1. The van der Waals surface area contributed by atoms with E-state index in [0.29, 0.717) is 21.7 Å². The van der Waals surface area contributed by atoms with Gasteiger partial charge in [-0.1, -0.05) is 11.6 Å². The number of nitrogens with one attached hydrogen (secondary N) is 3. The maximum Gasteiger partial charge on any atom is 0.243 e. The van der Waals surface area contributed by atoms with E-state index < -0.39 is 64.7 Å². The molecule has 1 heterocycles. The van der Waals surface area contributed by atoms with Crippen molar-refractivity contribution in [3.05, 3.63) is 94.0 Å². The van der Waals surface area contributed by atoms with Crippen molar-refractivity contribution in [1.82, 2.24) is 10.6 Å². The van der Waals surface area contributed by atoms with E-state index in [-0.39, 0.29) is 11.1 Å². The second kappa shape index (κ2) is 11.5. The number of anilines is 1. The lowest BCUT2D eigenvalue weighted by Crippen LogP contribution is -2.53. The molecule has 6 nitrogen and oxygen atoms in total. The van der Waals surface area contributed by atoms with Crippen LogP contribution < -0.4 is 16.0 Å². The summed E-state index contributed by atoms with van der Waals surface area (Å²) >= 11 is 7.12. The van der Waals surface area contributed by atoms with E-state index in [1.165, 1.54) is 13.0 Å². The molecule has 1 aliphatic rings. The Labute approximate surface area is 224 Å². The highest BCUT2D eigenvalue weighted by Crippen LogP contribution is 2.45. The molecule has 0 spiro atoms. The molecule has 3 aromatic carbocycles. The van der Waals surface area contributed by atoms with Gasteiger partial charge in [0.05, 0.1) is 23.4 Å². The second-order valence-corrected chi connectivity index (χ2v) is 10.2. The first-order valence-corrected chi connectivity index (χ1v) is 12.5. The summed E-state index contributed by atoms with van der Waals surface area (Å²) in [4.78, 5) is 38.8. The van der Waals surface area contributed by atoms with Crippen molar-refractivity contribution in [3.63, 3.8) is 0 Å². The minimum Gasteiger partial charge on any atom is -0.324 e. The number of imide groups is 1. The third-order valence-corrected chi connectivity index (χ3v) is 7.30. The standard InChI is InChI=1S/C26H20ClF4N3O3S/c1-12(25(36)34-22(35)8-13-6-16(29)10-17(30)7-13)32-23-24(18-11-15(28)3-4-19(18)31)38-21-5-2-14(27)9-20(21)33-26(23)37/h2-7,9-12,23-24,32H,8H2,1H3,(H,33,37)(H,34,35,36)/t12-,23-,24+/m0/s1. The van der Waals surface area contributed by atoms with Crippen molar-refractivity contribution in [2.24, 2.45) is 0 Å². The quantitative estimate of drug-likeness (QED) is 0.370. The van der Waals surface area contributed by atoms with Crippen LogP contribution in [0.3, 0.4) is 0 Å². The lowest BCUT2D eigenvalue weighted by molar-refractivity contribution is -0.131. The minimum atomic E-state index is -1.25. The number of carbonyl (C=O) groups is 3. The van der Waals surface area contributed by atoms with Crippen molar-refractivity contribution < 1.29 is 31.9 Å². The van der Waals surface area contributed by atoms with Gasteiger partial charge in [0.25, 0.3) is 0 Å². The molecule has 3 aromatic rings. The third kappa shape index (κ3) is 6.53. The van der Waals surface area contributed by atoms with Gasteiger partial charge in [0, 0.05) is 21.5 Å². The Hall–Kier alpha value is -3.41. The Kier molecular flexibility index (Phi) is 8.39. The monoisotopic (exact) mass is 565 g/mol. The molecule has 4 rings (SSSR count). The molecule has 3 N–H and O–H groups in total. The van der Waals surface area contributed by atoms with E-state index >= 15 is 0 Å². The Morgan fingerprint density at radius 3 is 2.42 bits per heavy atom. The minimum absolute atomic E-state index is 0.0195.